The zero-order chi connectivity index (χ0) is 20.7. The van der Waals surface area contributed by atoms with E-state index >= 15 is 0 Å². The summed E-state index contributed by atoms with van der Waals surface area (Å²) in [5, 5.41) is 12.3. The zero-order valence-corrected chi connectivity index (χ0v) is 17.5. The molecule has 1 atom stereocenters. The van der Waals surface area contributed by atoms with Gasteiger partial charge in [0.05, 0.1) is 23.3 Å². The maximum absolute atomic E-state index is 12.2. The Hall–Kier alpha value is -3.10. The van der Waals surface area contributed by atoms with Crippen molar-refractivity contribution in [2.75, 3.05) is 23.7 Å². The minimum Gasteiger partial charge on any atom is -0.365 e. The van der Waals surface area contributed by atoms with Crippen molar-refractivity contribution < 1.29 is 4.79 Å². The number of anilines is 3. The molecular weight excluding hydrogens is 380 g/mol. The van der Waals surface area contributed by atoms with Crippen molar-refractivity contribution in [3.63, 3.8) is 0 Å². The molecule has 30 heavy (non-hydrogen) atoms. The van der Waals surface area contributed by atoms with Crippen LogP contribution in [0.15, 0.2) is 18.6 Å². The van der Waals surface area contributed by atoms with Crippen LogP contribution >= 0.6 is 0 Å². The number of likely N-dealkylation sites (tertiary alicyclic amines) is 1. The van der Waals surface area contributed by atoms with E-state index in [4.69, 9.17) is 4.98 Å². The van der Waals surface area contributed by atoms with Crippen LogP contribution in [0.1, 0.15) is 50.6 Å². The minimum absolute atomic E-state index is 0.173. The molecule has 2 aliphatic rings. The standard InChI is InChI=1S/C21H28N8O/c1-3-17(30)28-8-4-5-14(11-28)24-20-18-13(2)9-22-19(18)26-21(27-20)25-15-10-23-29(12-15)16-6-7-16/h9-10,12,14,16H,3-8,11H2,1-2H3,(H3,22,24,25,26,27)/t14-/m1/s1. The van der Waals surface area contributed by atoms with E-state index in [9.17, 15) is 4.79 Å². The topological polar surface area (TPSA) is 104 Å². The first-order chi connectivity index (χ1) is 14.6. The molecular formula is C21H28N8O. The summed E-state index contributed by atoms with van der Waals surface area (Å²) in [7, 11) is 0. The lowest BCUT2D eigenvalue weighted by atomic mass is 10.0. The van der Waals surface area contributed by atoms with E-state index in [1.165, 1.54) is 12.8 Å². The molecule has 1 amide bonds. The lowest BCUT2D eigenvalue weighted by molar-refractivity contribution is -0.131. The molecule has 158 valence electrons. The molecule has 0 bridgehead atoms. The van der Waals surface area contributed by atoms with Crippen LogP contribution in [0.3, 0.4) is 0 Å². The van der Waals surface area contributed by atoms with Crippen LogP contribution in [-0.2, 0) is 4.79 Å². The second-order valence-electron chi connectivity index (χ2n) is 8.33. The van der Waals surface area contributed by atoms with Gasteiger partial charge in [-0.05, 0) is 38.2 Å². The number of fused-ring (bicyclic) bond motifs is 1. The number of aromatic nitrogens is 5. The molecule has 0 radical (unpaired) electrons. The molecule has 1 saturated heterocycles. The SMILES string of the molecule is CCC(=O)N1CCC[C@@H](Nc2nc(Nc3cnn(C4CC4)c3)nc3[nH]cc(C)c23)C1. The average Bonchev–Trinajstić information content (AvgIpc) is 3.39. The predicted molar refractivity (Wildman–Crippen MR) is 116 cm³/mol. The van der Waals surface area contributed by atoms with Crippen LogP contribution in [0.4, 0.5) is 17.5 Å². The van der Waals surface area contributed by atoms with Gasteiger partial charge in [-0.1, -0.05) is 6.92 Å². The fraction of sp³-hybridized carbons (Fsp3) is 0.524. The van der Waals surface area contributed by atoms with Crippen LogP contribution in [-0.4, -0.2) is 54.7 Å². The molecule has 3 N–H and O–H groups in total. The number of rotatable bonds is 6. The number of aromatic amines is 1. The molecule has 9 nitrogen and oxygen atoms in total. The van der Waals surface area contributed by atoms with Crippen molar-refractivity contribution in [3.05, 3.63) is 24.2 Å². The smallest absolute Gasteiger partial charge is 0.231 e. The molecule has 9 heteroatoms. The number of hydrogen-bond acceptors (Lipinski definition) is 6. The third kappa shape index (κ3) is 3.71. The number of carbonyl (C=O) groups is 1. The van der Waals surface area contributed by atoms with E-state index in [1.807, 2.05) is 42.0 Å². The molecule has 0 unspecified atom stereocenters. The highest BCUT2D eigenvalue weighted by Crippen LogP contribution is 2.35. The van der Waals surface area contributed by atoms with E-state index in [0.717, 1.165) is 47.5 Å². The number of carbonyl (C=O) groups excluding carboxylic acids is 1. The number of H-pyrrole nitrogens is 1. The average molecular weight is 409 g/mol. The van der Waals surface area contributed by atoms with Crippen molar-refractivity contribution in [1.29, 1.82) is 0 Å². The van der Waals surface area contributed by atoms with Gasteiger partial charge in [0.25, 0.3) is 0 Å². The van der Waals surface area contributed by atoms with Crippen molar-refractivity contribution in [1.82, 2.24) is 29.6 Å². The van der Waals surface area contributed by atoms with Gasteiger partial charge in [0, 0.05) is 37.9 Å². The summed E-state index contributed by atoms with van der Waals surface area (Å²) < 4.78 is 2.00. The minimum atomic E-state index is 0.173. The summed E-state index contributed by atoms with van der Waals surface area (Å²) >= 11 is 0. The van der Waals surface area contributed by atoms with Gasteiger partial charge >= 0.3 is 0 Å². The molecule has 1 saturated carbocycles. The summed E-state index contributed by atoms with van der Waals surface area (Å²) in [4.78, 5) is 26.8. The van der Waals surface area contributed by atoms with Gasteiger partial charge in [-0.2, -0.15) is 15.1 Å². The van der Waals surface area contributed by atoms with E-state index < -0.39 is 0 Å². The second-order valence-corrected chi connectivity index (χ2v) is 8.33. The quantitative estimate of drug-likeness (QED) is 0.578. The summed E-state index contributed by atoms with van der Waals surface area (Å²) in [6.45, 7) is 5.51. The lowest BCUT2D eigenvalue weighted by Gasteiger charge is -2.33. The van der Waals surface area contributed by atoms with E-state index in [-0.39, 0.29) is 11.9 Å². The maximum Gasteiger partial charge on any atom is 0.231 e. The molecule has 0 spiro atoms. The number of nitrogens with one attached hydrogen (secondary N) is 3. The van der Waals surface area contributed by atoms with Gasteiger partial charge in [-0.15, -0.1) is 0 Å². The van der Waals surface area contributed by atoms with E-state index in [0.29, 0.717) is 25.0 Å². The van der Waals surface area contributed by atoms with Crippen molar-refractivity contribution in [3.8, 4) is 0 Å². The van der Waals surface area contributed by atoms with Crippen molar-refractivity contribution in [2.45, 2.75) is 58.0 Å². The summed E-state index contributed by atoms with van der Waals surface area (Å²) in [5.41, 5.74) is 2.77. The van der Waals surface area contributed by atoms with Crippen LogP contribution in [0.5, 0.6) is 0 Å². The predicted octanol–water partition coefficient (Wildman–Crippen LogP) is 3.35. The van der Waals surface area contributed by atoms with Gasteiger partial charge in [0.2, 0.25) is 11.9 Å². The third-order valence-electron chi connectivity index (χ3n) is 5.92. The summed E-state index contributed by atoms with van der Waals surface area (Å²) in [6, 6.07) is 0.708. The normalized spacial score (nSPS) is 19.3. The first-order valence-corrected chi connectivity index (χ1v) is 10.8. The number of aryl methyl sites for hydroxylation is 1. The van der Waals surface area contributed by atoms with Gasteiger partial charge in [0.15, 0.2) is 0 Å². The van der Waals surface area contributed by atoms with Crippen LogP contribution in [0.25, 0.3) is 11.0 Å². The van der Waals surface area contributed by atoms with Crippen LogP contribution in [0.2, 0.25) is 0 Å². The van der Waals surface area contributed by atoms with Gasteiger partial charge < -0.3 is 20.5 Å². The van der Waals surface area contributed by atoms with Crippen molar-refractivity contribution in [2.24, 2.45) is 0 Å². The number of piperidine rings is 1. The molecule has 3 aromatic heterocycles. The van der Waals surface area contributed by atoms with Crippen LogP contribution in [0, 0.1) is 6.92 Å². The Labute approximate surface area is 175 Å². The maximum atomic E-state index is 12.2. The molecule has 4 heterocycles. The zero-order valence-electron chi connectivity index (χ0n) is 17.5. The molecule has 1 aliphatic carbocycles. The summed E-state index contributed by atoms with van der Waals surface area (Å²) in [6.07, 6.45) is 10.7. The van der Waals surface area contributed by atoms with Gasteiger partial charge in [0.1, 0.15) is 11.5 Å². The lowest BCUT2D eigenvalue weighted by Crippen LogP contribution is -2.45. The number of hydrogen-bond donors (Lipinski definition) is 3. The Morgan fingerprint density at radius 2 is 2.17 bits per heavy atom. The second kappa shape index (κ2) is 7.62. The molecule has 5 rings (SSSR count). The highest BCUT2D eigenvalue weighted by molar-refractivity contribution is 5.91. The Kier molecular flexibility index (Phi) is 4.80. The molecule has 1 aliphatic heterocycles. The van der Waals surface area contributed by atoms with Crippen LogP contribution < -0.4 is 10.6 Å². The largest absolute Gasteiger partial charge is 0.365 e. The van der Waals surface area contributed by atoms with Crippen molar-refractivity contribution >= 4 is 34.4 Å². The van der Waals surface area contributed by atoms with E-state index in [1.54, 1.807) is 0 Å². The fourth-order valence-corrected chi connectivity index (χ4v) is 4.16. The highest BCUT2D eigenvalue weighted by Gasteiger charge is 2.25. The first-order valence-electron chi connectivity index (χ1n) is 10.8. The summed E-state index contributed by atoms with van der Waals surface area (Å²) in [5.74, 6) is 1.54. The third-order valence-corrected chi connectivity index (χ3v) is 5.92. The Balaban J connectivity index is 1.40. The molecule has 2 fully saturated rings. The number of amides is 1. The van der Waals surface area contributed by atoms with Gasteiger partial charge in [-0.3, -0.25) is 9.48 Å². The highest BCUT2D eigenvalue weighted by atomic mass is 16.2. The van der Waals surface area contributed by atoms with E-state index in [2.05, 4.69) is 25.7 Å². The first kappa shape index (κ1) is 18.9. The van der Waals surface area contributed by atoms with Gasteiger partial charge in [-0.25, -0.2) is 0 Å². The fourth-order valence-electron chi connectivity index (χ4n) is 4.16. The Bertz CT molecular complexity index is 1070. The number of nitrogens with zero attached hydrogens (tertiary/aromatic N) is 5. The molecule has 0 aromatic carbocycles. The Morgan fingerprint density at radius 3 is 2.97 bits per heavy atom. The Morgan fingerprint density at radius 1 is 1.30 bits per heavy atom. The monoisotopic (exact) mass is 408 g/mol. The molecule has 3 aromatic rings.